The molecule has 0 fully saturated rings. The molecule has 0 spiro atoms. The molecule has 1 aliphatic rings. The minimum Gasteiger partial charge on any atom is -0.465 e. The zero-order valence-electron chi connectivity index (χ0n) is 9.88. The molecule has 0 unspecified atom stereocenters. The van der Waals surface area contributed by atoms with Crippen LogP contribution in [0.1, 0.15) is 28.7 Å². The molecule has 1 aromatic heterocycles. The molecular formula is C10H14N4O4. The maximum Gasteiger partial charge on any atom is 0.407 e. The van der Waals surface area contributed by atoms with E-state index in [0.29, 0.717) is 23.6 Å². The lowest BCUT2D eigenvalue weighted by Crippen LogP contribution is -2.36. The number of fused-ring (bicyclic) bond motifs is 1. The van der Waals surface area contributed by atoms with Crippen LogP contribution < -0.4 is 0 Å². The molecule has 3 N–H and O–H groups in total. The van der Waals surface area contributed by atoms with E-state index in [0.717, 1.165) is 5.69 Å². The molecule has 0 saturated heterocycles. The normalized spacial score (nSPS) is 14.2. The summed E-state index contributed by atoms with van der Waals surface area (Å²) >= 11 is 0. The molecule has 1 aliphatic heterocycles. The molecule has 18 heavy (non-hydrogen) atoms. The van der Waals surface area contributed by atoms with Crippen LogP contribution in [0, 0.1) is 0 Å². The molecule has 98 valence electrons. The van der Waals surface area contributed by atoms with E-state index in [2.05, 4.69) is 10.2 Å². The fraction of sp³-hybridized carbons (Fsp3) is 0.500. The number of hydroxylamine groups is 2. The summed E-state index contributed by atoms with van der Waals surface area (Å²) in [6.07, 6.45) is -0.545. The van der Waals surface area contributed by atoms with Gasteiger partial charge in [0.15, 0.2) is 5.69 Å². The van der Waals surface area contributed by atoms with Crippen LogP contribution in [0.4, 0.5) is 4.79 Å². The van der Waals surface area contributed by atoms with Crippen molar-refractivity contribution >= 4 is 12.0 Å². The second-order valence-electron chi connectivity index (χ2n) is 4.00. The lowest BCUT2D eigenvalue weighted by Gasteiger charge is -2.24. The van der Waals surface area contributed by atoms with E-state index in [1.165, 1.54) is 4.90 Å². The number of aromatic amines is 1. The number of nitrogens with zero attached hydrogens (tertiary/aromatic N) is 3. The van der Waals surface area contributed by atoms with Crippen LogP contribution in [-0.2, 0) is 13.0 Å². The molecule has 0 saturated carbocycles. The van der Waals surface area contributed by atoms with Gasteiger partial charge in [0.1, 0.15) is 0 Å². The Bertz CT molecular complexity index is 484. The third-order valence-electron chi connectivity index (χ3n) is 2.94. The van der Waals surface area contributed by atoms with Gasteiger partial charge in [-0.05, 0) is 6.92 Å². The van der Waals surface area contributed by atoms with Crippen molar-refractivity contribution in [3.63, 3.8) is 0 Å². The Morgan fingerprint density at radius 1 is 1.56 bits per heavy atom. The van der Waals surface area contributed by atoms with Gasteiger partial charge in [0.2, 0.25) is 0 Å². The van der Waals surface area contributed by atoms with Crippen LogP contribution in [0.15, 0.2) is 0 Å². The summed E-state index contributed by atoms with van der Waals surface area (Å²) in [7, 11) is 0. The van der Waals surface area contributed by atoms with Crippen LogP contribution >= 0.6 is 0 Å². The maximum absolute atomic E-state index is 11.8. The van der Waals surface area contributed by atoms with Crippen molar-refractivity contribution in [2.45, 2.75) is 19.9 Å². The van der Waals surface area contributed by atoms with Crippen molar-refractivity contribution in [3.8, 4) is 0 Å². The topological polar surface area (TPSA) is 110 Å². The minimum atomic E-state index is -1.03. The number of carbonyl (C=O) groups is 2. The van der Waals surface area contributed by atoms with Crippen molar-refractivity contribution < 1.29 is 19.9 Å². The van der Waals surface area contributed by atoms with Crippen molar-refractivity contribution in [1.82, 2.24) is 20.2 Å². The molecule has 1 aromatic rings. The Morgan fingerprint density at radius 2 is 2.28 bits per heavy atom. The Labute approximate surface area is 103 Å². The number of H-pyrrole nitrogens is 1. The number of rotatable bonds is 2. The summed E-state index contributed by atoms with van der Waals surface area (Å²) < 4.78 is 0. The van der Waals surface area contributed by atoms with Crippen molar-refractivity contribution in [2.75, 3.05) is 13.1 Å². The third kappa shape index (κ3) is 2.02. The standard InChI is InChI=1S/C10H14N4O4/c1-2-14(18)9(15)8-6-5-13(10(16)17)4-3-7(6)11-12-8/h18H,2-5H2,1H3,(H,11,12)(H,16,17). The van der Waals surface area contributed by atoms with Gasteiger partial charge in [-0.1, -0.05) is 0 Å². The van der Waals surface area contributed by atoms with Crippen LogP contribution in [0.2, 0.25) is 0 Å². The van der Waals surface area contributed by atoms with Gasteiger partial charge in [0.05, 0.1) is 6.54 Å². The molecule has 0 radical (unpaired) electrons. The van der Waals surface area contributed by atoms with Gasteiger partial charge in [-0.25, -0.2) is 9.86 Å². The number of carboxylic acid groups (broad SMARTS) is 1. The average molecular weight is 254 g/mol. The summed E-state index contributed by atoms with van der Waals surface area (Å²) in [6.45, 7) is 2.25. The molecule has 0 atom stereocenters. The maximum atomic E-state index is 11.8. The zero-order chi connectivity index (χ0) is 13.3. The van der Waals surface area contributed by atoms with E-state index in [4.69, 9.17) is 5.11 Å². The van der Waals surface area contributed by atoms with E-state index < -0.39 is 12.0 Å². The highest BCUT2D eigenvalue weighted by molar-refractivity contribution is 5.93. The van der Waals surface area contributed by atoms with Gasteiger partial charge < -0.3 is 10.0 Å². The predicted molar refractivity (Wildman–Crippen MR) is 59.2 cm³/mol. The van der Waals surface area contributed by atoms with Crippen LogP contribution in [-0.4, -0.2) is 55.6 Å². The number of amides is 2. The van der Waals surface area contributed by atoms with Crippen LogP contribution in [0.3, 0.4) is 0 Å². The molecule has 0 bridgehead atoms. The quantitative estimate of drug-likeness (QED) is 0.519. The summed E-state index contributed by atoms with van der Waals surface area (Å²) in [5.41, 5.74) is 1.38. The van der Waals surface area contributed by atoms with Crippen LogP contribution in [0.5, 0.6) is 0 Å². The monoisotopic (exact) mass is 254 g/mol. The van der Waals surface area contributed by atoms with E-state index in [9.17, 15) is 14.8 Å². The first kappa shape index (κ1) is 12.4. The average Bonchev–Trinajstić information content (AvgIpc) is 2.79. The zero-order valence-corrected chi connectivity index (χ0v) is 9.88. The highest BCUT2D eigenvalue weighted by Crippen LogP contribution is 2.21. The molecule has 8 nitrogen and oxygen atoms in total. The number of carbonyl (C=O) groups excluding carboxylic acids is 1. The Kier molecular flexibility index (Phi) is 3.19. The molecule has 2 amide bonds. The number of hydrogen-bond donors (Lipinski definition) is 3. The highest BCUT2D eigenvalue weighted by atomic mass is 16.5. The number of nitrogens with one attached hydrogen (secondary N) is 1. The summed E-state index contributed by atoms with van der Waals surface area (Å²) in [4.78, 5) is 23.9. The Morgan fingerprint density at radius 3 is 2.89 bits per heavy atom. The molecular weight excluding hydrogens is 240 g/mol. The molecule has 0 aromatic carbocycles. The number of aromatic nitrogens is 2. The fourth-order valence-electron chi connectivity index (χ4n) is 1.90. The van der Waals surface area contributed by atoms with Gasteiger partial charge in [-0.2, -0.15) is 5.10 Å². The first-order valence-corrected chi connectivity index (χ1v) is 5.59. The molecule has 2 heterocycles. The molecule has 2 rings (SSSR count). The van der Waals surface area contributed by atoms with E-state index >= 15 is 0 Å². The Balaban J connectivity index is 2.28. The lowest BCUT2D eigenvalue weighted by atomic mass is 10.1. The van der Waals surface area contributed by atoms with E-state index in [1.807, 2.05) is 0 Å². The summed E-state index contributed by atoms with van der Waals surface area (Å²) in [5, 5.41) is 25.4. The highest BCUT2D eigenvalue weighted by Gasteiger charge is 2.28. The van der Waals surface area contributed by atoms with E-state index in [-0.39, 0.29) is 18.8 Å². The second-order valence-corrected chi connectivity index (χ2v) is 4.00. The largest absolute Gasteiger partial charge is 0.465 e. The fourth-order valence-corrected chi connectivity index (χ4v) is 1.90. The van der Waals surface area contributed by atoms with Crippen molar-refractivity contribution in [3.05, 3.63) is 17.0 Å². The van der Waals surface area contributed by atoms with Gasteiger partial charge in [-0.15, -0.1) is 0 Å². The smallest absolute Gasteiger partial charge is 0.407 e. The SMILES string of the molecule is CCN(O)C(=O)c1n[nH]c2c1CN(C(=O)O)CC2. The first-order valence-electron chi connectivity index (χ1n) is 5.59. The van der Waals surface area contributed by atoms with Crippen molar-refractivity contribution in [1.29, 1.82) is 0 Å². The van der Waals surface area contributed by atoms with E-state index in [1.54, 1.807) is 6.92 Å². The van der Waals surface area contributed by atoms with Crippen LogP contribution in [0.25, 0.3) is 0 Å². The minimum absolute atomic E-state index is 0.0836. The van der Waals surface area contributed by atoms with Gasteiger partial charge >= 0.3 is 6.09 Å². The first-order chi connectivity index (χ1) is 8.54. The lowest BCUT2D eigenvalue weighted by molar-refractivity contribution is -0.0547. The second kappa shape index (κ2) is 4.65. The number of hydrogen-bond acceptors (Lipinski definition) is 4. The van der Waals surface area contributed by atoms with Gasteiger partial charge in [0, 0.05) is 30.8 Å². The van der Waals surface area contributed by atoms with Crippen molar-refractivity contribution in [2.24, 2.45) is 0 Å². The molecule has 0 aliphatic carbocycles. The summed E-state index contributed by atoms with van der Waals surface area (Å²) in [6, 6.07) is 0. The van der Waals surface area contributed by atoms with Gasteiger partial charge in [-0.3, -0.25) is 15.1 Å². The summed E-state index contributed by atoms with van der Waals surface area (Å²) in [5.74, 6) is -0.623. The van der Waals surface area contributed by atoms with Gasteiger partial charge in [0.25, 0.3) is 5.91 Å². The predicted octanol–water partition coefficient (Wildman–Crippen LogP) is 0.297. The Hall–Kier alpha value is -2.09. The molecule has 8 heteroatoms. The third-order valence-corrected chi connectivity index (χ3v) is 2.94.